The molecule has 0 spiro atoms. The van der Waals surface area contributed by atoms with E-state index in [2.05, 4.69) is 57.0 Å². The van der Waals surface area contributed by atoms with Crippen LogP contribution in [0.3, 0.4) is 0 Å². The van der Waals surface area contributed by atoms with Gasteiger partial charge in [0.25, 0.3) is 0 Å². The third-order valence-electron chi connectivity index (χ3n) is 7.43. The van der Waals surface area contributed by atoms with Crippen molar-refractivity contribution >= 4 is 11.3 Å². The summed E-state index contributed by atoms with van der Waals surface area (Å²) >= 11 is 1.89. The lowest BCUT2D eigenvalue weighted by Crippen LogP contribution is -2.47. The first kappa shape index (κ1) is 17.4. The molecule has 1 aromatic rings. The Morgan fingerprint density at radius 3 is 2.48 bits per heavy atom. The second kappa shape index (κ2) is 6.16. The molecule has 2 nitrogen and oxygen atoms in total. The number of fused-ring (bicyclic) bond motifs is 2. The Bertz CT molecular complexity index is 522. The highest BCUT2D eigenvalue weighted by atomic mass is 32.1. The Hall–Kier alpha value is -0.380. The first-order valence-corrected chi connectivity index (χ1v) is 10.2. The highest BCUT2D eigenvalue weighted by molar-refractivity contribution is 7.10. The van der Waals surface area contributed by atoms with E-state index in [1.165, 1.54) is 24.1 Å². The van der Waals surface area contributed by atoms with Gasteiger partial charge in [0.05, 0.1) is 6.61 Å². The molecule has 2 aliphatic rings. The maximum atomic E-state index is 6.81. The van der Waals surface area contributed by atoms with Crippen molar-refractivity contribution in [3.05, 3.63) is 22.4 Å². The first-order valence-electron chi connectivity index (χ1n) is 9.31. The fraction of sp³-hybridized carbons (Fsp3) is 0.800. The van der Waals surface area contributed by atoms with Crippen LogP contribution in [0.5, 0.6) is 0 Å². The van der Waals surface area contributed by atoms with Crippen LogP contribution in [-0.4, -0.2) is 31.1 Å². The lowest BCUT2D eigenvalue weighted by atomic mass is 9.64. The lowest BCUT2D eigenvalue weighted by molar-refractivity contribution is -0.146. The Morgan fingerprint density at radius 2 is 2.00 bits per heavy atom. The van der Waals surface area contributed by atoms with Gasteiger partial charge in [-0.15, -0.1) is 11.3 Å². The van der Waals surface area contributed by atoms with Crippen LogP contribution in [0.15, 0.2) is 17.5 Å². The second-order valence-electron chi connectivity index (χ2n) is 8.17. The summed E-state index contributed by atoms with van der Waals surface area (Å²) in [6, 6.07) is 4.50. The summed E-state index contributed by atoms with van der Waals surface area (Å²) in [7, 11) is 0. The highest BCUT2D eigenvalue weighted by Crippen LogP contribution is 2.74. The molecule has 1 heterocycles. The number of hydrogen-bond donors (Lipinski definition) is 0. The number of nitrogens with zero attached hydrogens (tertiary/aromatic N) is 1. The van der Waals surface area contributed by atoms with E-state index in [0.29, 0.717) is 5.41 Å². The van der Waals surface area contributed by atoms with E-state index in [9.17, 15) is 0 Å². The molecule has 3 heteroatoms. The van der Waals surface area contributed by atoms with Crippen molar-refractivity contribution in [2.24, 2.45) is 16.7 Å². The van der Waals surface area contributed by atoms with Crippen LogP contribution in [0, 0.1) is 16.7 Å². The molecule has 23 heavy (non-hydrogen) atoms. The van der Waals surface area contributed by atoms with Crippen molar-refractivity contribution in [1.82, 2.24) is 4.90 Å². The van der Waals surface area contributed by atoms with Gasteiger partial charge in [0.1, 0.15) is 5.60 Å². The average molecular weight is 336 g/mol. The molecule has 3 unspecified atom stereocenters. The van der Waals surface area contributed by atoms with E-state index in [0.717, 1.165) is 32.2 Å². The zero-order valence-corrected chi connectivity index (χ0v) is 16.3. The van der Waals surface area contributed by atoms with Crippen molar-refractivity contribution in [3.63, 3.8) is 0 Å². The molecule has 0 aromatic carbocycles. The molecule has 0 aliphatic heterocycles. The summed E-state index contributed by atoms with van der Waals surface area (Å²) in [4.78, 5) is 3.91. The van der Waals surface area contributed by atoms with Gasteiger partial charge in [-0.1, -0.05) is 40.7 Å². The number of rotatable bonds is 7. The van der Waals surface area contributed by atoms with Crippen LogP contribution in [0.1, 0.15) is 58.8 Å². The molecule has 2 aliphatic carbocycles. The minimum Gasteiger partial charge on any atom is -0.368 e. The zero-order valence-electron chi connectivity index (χ0n) is 15.5. The first-order chi connectivity index (χ1) is 10.9. The fourth-order valence-electron chi connectivity index (χ4n) is 5.31. The standard InChI is InChI=1S/C20H33NOS/c1-6-21(7-2)12-13-22-20(17-9-8-14-23-17)15-16-10-11-19(20,5)18(16,3)4/h8-9,14,16H,6-7,10-13,15H2,1-5H3. The normalized spacial score (nSPS) is 35.3. The monoisotopic (exact) mass is 335 g/mol. The topological polar surface area (TPSA) is 12.5 Å². The zero-order chi connectivity index (χ0) is 16.7. The van der Waals surface area contributed by atoms with Gasteiger partial charge < -0.3 is 9.64 Å². The minimum absolute atomic E-state index is 0.0687. The predicted molar refractivity (Wildman–Crippen MR) is 99.0 cm³/mol. The average Bonchev–Trinajstić information content (AvgIpc) is 3.17. The number of hydrogen-bond acceptors (Lipinski definition) is 3. The van der Waals surface area contributed by atoms with Crippen molar-refractivity contribution in [2.45, 2.75) is 59.5 Å². The molecular formula is C20H33NOS. The maximum absolute atomic E-state index is 6.81. The van der Waals surface area contributed by atoms with Crippen LogP contribution in [0.4, 0.5) is 0 Å². The Kier molecular flexibility index (Phi) is 4.67. The summed E-state index contributed by atoms with van der Waals surface area (Å²) < 4.78 is 6.81. The number of thiophene rings is 1. The van der Waals surface area contributed by atoms with E-state index in [-0.39, 0.29) is 11.0 Å². The Labute approximate surface area is 146 Å². The third-order valence-corrected chi connectivity index (χ3v) is 8.44. The van der Waals surface area contributed by atoms with Gasteiger partial charge in [-0.05, 0) is 55.1 Å². The summed E-state index contributed by atoms with van der Waals surface area (Å²) in [5.74, 6) is 0.794. The highest BCUT2D eigenvalue weighted by Gasteiger charge is 2.70. The molecule has 130 valence electrons. The maximum Gasteiger partial charge on any atom is 0.108 e. The molecule has 2 bridgehead atoms. The molecule has 0 amide bonds. The molecular weight excluding hydrogens is 302 g/mol. The third kappa shape index (κ3) is 2.42. The summed E-state index contributed by atoms with van der Waals surface area (Å²) in [5.41, 5.74) is 0.547. The summed E-state index contributed by atoms with van der Waals surface area (Å²) in [5, 5.41) is 2.22. The van der Waals surface area contributed by atoms with Crippen LogP contribution in [0.2, 0.25) is 0 Å². The van der Waals surface area contributed by atoms with Crippen molar-refractivity contribution < 1.29 is 4.74 Å². The van der Waals surface area contributed by atoms with E-state index < -0.39 is 0 Å². The molecule has 0 radical (unpaired) electrons. The van der Waals surface area contributed by atoms with Gasteiger partial charge in [-0.25, -0.2) is 0 Å². The summed E-state index contributed by atoms with van der Waals surface area (Å²) in [6.07, 6.45) is 3.87. The number of ether oxygens (including phenoxy) is 1. The van der Waals surface area contributed by atoms with E-state index in [1.807, 2.05) is 11.3 Å². The van der Waals surface area contributed by atoms with Crippen LogP contribution in [0.25, 0.3) is 0 Å². The largest absolute Gasteiger partial charge is 0.368 e. The molecule has 3 rings (SSSR count). The van der Waals surface area contributed by atoms with Crippen LogP contribution >= 0.6 is 11.3 Å². The van der Waals surface area contributed by atoms with Gasteiger partial charge in [0.2, 0.25) is 0 Å². The number of likely N-dealkylation sites (N-methyl/N-ethyl adjacent to an activating group) is 1. The lowest BCUT2D eigenvalue weighted by Gasteiger charge is -2.48. The molecule has 2 saturated carbocycles. The van der Waals surface area contributed by atoms with Gasteiger partial charge in [0.15, 0.2) is 0 Å². The molecule has 3 atom stereocenters. The van der Waals surface area contributed by atoms with Gasteiger partial charge >= 0.3 is 0 Å². The van der Waals surface area contributed by atoms with Gasteiger partial charge in [0, 0.05) is 16.8 Å². The van der Waals surface area contributed by atoms with Crippen LogP contribution in [-0.2, 0) is 10.3 Å². The van der Waals surface area contributed by atoms with Gasteiger partial charge in [-0.3, -0.25) is 0 Å². The van der Waals surface area contributed by atoms with Crippen molar-refractivity contribution in [3.8, 4) is 0 Å². The van der Waals surface area contributed by atoms with E-state index in [1.54, 1.807) is 0 Å². The Morgan fingerprint density at radius 1 is 1.26 bits per heavy atom. The van der Waals surface area contributed by atoms with E-state index >= 15 is 0 Å². The smallest absolute Gasteiger partial charge is 0.108 e. The molecule has 0 saturated heterocycles. The Balaban J connectivity index is 1.86. The van der Waals surface area contributed by atoms with Gasteiger partial charge in [-0.2, -0.15) is 0 Å². The molecule has 2 fully saturated rings. The predicted octanol–water partition coefficient (Wildman–Crippen LogP) is 5.15. The second-order valence-corrected chi connectivity index (χ2v) is 9.12. The summed E-state index contributed by atoms with van der Waals surface area (Å²) in [6.45, 7) is 16.0. The molecule has 0 N–H and O–H groups in total. The minimum atomic E-state index is -0.0687. The van der Waals surface area contributed by atoms with Crippen LogP contribution < -0.4 is 0 Å². The van der Waals surface area contributed by atoms with Crippen molar-refractivity contribution in [1.29, 1.82) is 0 Å². The molecule has 1 aromatic heterocycles. The van der Waals surface area contributed by atoms with E-state index in [4.69, 9.17) is 4.74 Å². The fourth-order valence-corrected chi connectivity index (χ4v) is 6.33. The SMILES string of the molecule is CCN(CC)CCOC1(c2cccs2)CC2CCC1(C)C2(C)C. The quantitative estimate of drug-likeness (QED) is 0.683. The van der Waals surface area contributed by atoms with Crippen molar-refractivity contribution in [2.75, 3.05) is 26.2 Å².